The van der Waals surface area contributed by atoms with Crippen LogP contribution in [0.15, 0.2) is 47.0 Å². The topological polar surface area (TPSA) is 57.5 Å². The molecule has 0 bridgehead atoms. The Morgan fingerprint density at radius 1 is 0.750 bits per heavy atom. The van der Waals surface area contributed by atoms with E-state index in [0.29, 0.717) is 24.7 Å². The van der Waals surface area contributed by atoms with Gasteiger partial charge in [0, 0.05) is 12.8 Å². The third-order valence-electron chi connectivity index (χ3n) is 4.50. The van der Waals surface area contributed by atoms with Crippen molar-refractivity contribution in [2.24, 2.45) is 10.8 Å². The van der Waals surface area contributed by atoms with Gasteiger partial charge in [0.05, 0.1) is 23.4 Å². The molecule has 0 unspecified atom stereocenters. The molecular formula is C21H28O3. The van der Waals surface area contributed by atoms with Gasteiger partial charge >= 0.3 is 0 Å². The minimum Gasteiger partial charge on any atom is -0.512 e. The third-order valence-corrected chi connectivity index (χ3v) is 4.50. The number of aliphatic hydroxyl groups is 2. The van der Waals surface area contributed by atoms with E-state index in [0.717, 1.165) is 11.1 Å². The molecule has 2 aliphatic carbocycles. The van der Waals surface area contributed by atoms with Crippen LogP contribution >= 0.6 is 0 Å². The van der Waals surface area contributed by atoms with Gasteiger partial charge in [0.15, 0.2) is 5.78 Å². The van der Waals surface area contributed by atoms with Gasteiger partial charge in [-0.15, -0.1) is 0 Å². The van der Waals surface area contributed by atoms with Gasteiger partial charge in [-0.05, 0) is 23.0 Å². The highest BCUT2D eigenvalue weighted by atomic mass is 16.3. The van der Waals surface area contributed by atoms with Crippen molar-refractivity contribution in [3.05, 3.63) is 58.8 Å². The van der Waals surface area contributed by atoms with Crippen LogP contribution in [0.2, 0.25) is 0 Å². The zero-order chi connectivity index (χ0) is 18.3. The van der Waals surface area contributed by atoms with E-state index >= 15 is 0 Å². The van der Waals surface area contributed by atoms with Crippen LogP contribution in [-0.4, -0.2) is 16.0 Å². The molecule has 0 amide bonds. The van der Waals surface area contributed by atoms with E-state index in [-0.39, 0.29) is 28.1 Å². The van der Waals surface area contributed by atoms with Crippen LogP contribution in [0.1, 0.15) is 54.4 Å². The van der Waals surface area contributed by atoms with E-state index in [2.05, 4.69) is 41.5 Å². The second-order valence-electron chi connectivity index (χ2n) is 8.70. The second-order valence-corrected chi connectivity index (χ2v) is 8.70. The van der Waals surface area contributed by atoms with Gasteiger partial charge in [-0.25, -0.2) is 0 Å². The summed E-state index contributed by atoms with van der Waals surface area (Å²) in [6.07, 6.45) is 7.77. The zero-order valence-corrected chi connectivity index (χ0v) is 15.5. The Bertz CT molecular complexity index is 590. The Balaban J connectivity index is 2.33. The predicted molar refractivity (Wildman–Crippen MR) is 97.2 cm³/mol. The standard InChI is InChI=1S/C21H28O3/c1-20(2,3)15-7-13(9-17(22)11-15)19(24)14-8-16(21(4,5)6)12-18(23)10-14/h7-10,22-23H,11-12H2,1-6H3. The maximum atomic E-state index is 12.9. The normalized spacial score (nSPS) is 20.9. The van der Waals surface area contributed by atoms with Gasteiger partial charge in [0.2, 0.25) is 0 Å². The number of hydrogen-bond acceptors (Lipinski definition) is 3. The van der Waals surface area contributed by atoms with Gasteiger partial charge in [0.1, 0.15) is 0 Å². The lowest BCUT2D eigenvalue weighted by Gasteiger charge is -2.30. The third kappa shape index (κ3) is 4.19. The molecule has 0 aromatic carbocycles. The fourth-order valence-corrected chi connectivity index (χ4v) is 2.80. The molecule has 0 aromatic heterocycles. The summed E-state index contributed by atoms with van der Waals surface area (Å²) in [5, 5.41) is 20.1. The molecule has 2 N–H and O–H groups in total. The molecule has 0 fully saturated rings. The summed E-state index contributed by atoms with van der Waals surface area (Å²) >= 11 is 0. The van der Waals surface area contributed by atoms with E-state index in [4.69, 9.17) is 0 Å². The first kappa shape index (κ1) is 18.6. The second kappa shape index (κ2) is 6.27. The van der Waals surface area contributed by atoms with Gasteiger partial charge in [-0.2, -0.15) is 0 Å². The Labute approximate surface area is 145 Å². The Kier molecular flexibility index (Phi) is 4.85. The van der Waals surface area contributed by atoms with Crippen LogP contribution in [0.25, 0.3) is 0 Å². The molecule has 0 saturated heterocycles. The molecule has 0 spiro atoms. The van der Waals surface area contributed by atoms with Gasteiger partial charge in [-0.1, -0.05) is 64.8 Å². The van der Waals surface area contributed by atoms with Crippen molar-refractivity contribution in [2.45, 2.75) is 54.4 Å². The maximum absolute atomic E-state index is 12.9. The van der Waals surface area contributed by atoms with Gasteiger partial charge in [-0.3, -0.25) is 4.79 Å². The molecular weight excluding hydrogens is 300 g/mol. The Morgan fingerprint density at radius 3 is 1.38 bits per heavy atom. The summed E-state index contributed by atoms with van der Waals surface area (Å²) < 4.78 is 0. The molecule has 2 rings (SSSR count). The van der Waals surface area contributed by atoms with Crippen molar-refractivity contribution in [1.29, 1.82) is 0 Å². The molecule has 0 heterocycles. The van der Waals surface area contributed by atoms with E-state index in [1.165, 1.54) is 12.2 Å². The Hall–Kier alpha value is -1.77. The first-order valence-electron chi connectivity index (χ1n) is 8.37. The minimum absolute atomic E-state index is 0.116. The van der Waals surface area contributed by atoms with Crippen LogP contribution in [-0.2, 0) is 4.79 Å². The van der Waals surface area contributed by atoms with Crippen molar-refractivity contribution >= 4 is 5.78 Å². The zero-order valence-electron chi connectivity index (χ0n) is 15.5. The van der Waals surface area contributed by atoms with Crippen LogP contribution < -0.4 is 0 Å². The number of hydrogen-bond donors (Lipinski definition) is 2. The quantitative estimate of drug-likeness (QED) is 0.719. The number of carbonyl (C=O) groups excluding carboxylic acids is 1. The number of allylic oxidation sites excluding steroid dienone is 6. The molecule has 2 radical (unpaired) electrons. The number of Topliss-reactive ketones (excluding diaryl/α,β-unsaturated/α-hetero) is 1. The average molecular weight is 328 g/mol. The first-order valence-corrected chi connectivity index (χ1v) is 8.37. The molecule has 2 aliphatic rings. The predicted octanol–water partition coefficient (Wildman–Crippen LogP) is 5.34. The summed E-state index contributed by atoms with van der Waals surface area (Å²) in [6.45, 7) is 12.4. The van der Waals surface area contributed by atoms with E-state index in [9.17, 15) is 15.0 Å². The van der Waals surface area contributed by atoms with Crippen molar-refractivity contribution in [3.8, 4) is 0 Å². The average Bonchev–Trinajstić information content (AvgIpc) is 2.43. The summed E-state index contributed by atoms with van der Waals surface area (Å²) in [6, 6.07) is 0. The number of ketones is 1. The van der Waals surface area contributed by atoms with Crippen LogP contribution in [0.5, 0.6) is 0 Å². The summed E-state index contributed by atoms with van der Waals surface area (Å²) in [5.41, 5.74) is 1.82. The number of rotatable bonds is 2. The van der Waals surface area contributed by atoms with E-state index < -0.39 is 0 Å². The fourth-order valence-electron chi connectivity index (χ4n) is 2.80. The number of carbonyl (C=O) groups is 1. The van der Waals surface area contributed by atoms with Crippen molar-refractivity contribution in [3.63, 3.8) is 0 Å². The Morgan fingerprint density at radius 2 is 1.08 bits per heavy atom. The largest absolute Gasteiger partial charge is 0.512 e. The fraction of sp³-hybridized carbons (Fsp3) is 0.476. The molecule has 130 valence electrons. The number of aliphatic hydroxyl groups excluding tert-OH is 2. The monoisotopic (exact) mass is 328 g/mol. The molecule has 0 atom stereocenters. The highest BCUT2D eigenvalue weighted by Crippen LogP contribution is 2.39. The molecule has 24 heavy (non-hydrogen) atoms. The molecule has 0 saturated carbocycles. The highest BCUT2D eigenvalue weighted by Gasteiger charge is 2.32. The lowest BCUT2D eigenvalue weighted by Crippen LogP contribution is -2.24. The minimum atomic E-state index is -0.170. The summed E-state index contributed by atoms with van der Waals surface area (Å²) in [4.78, 5) is 12.9. The molecule has 3 nitrogen and oxygen atoms in total. The first-order chi connectivity index (χ1) is 10.9. The van der Waals surface area contributed by atoms with Crippen molar-refractivity contribution < 1.29 is 15.0 Å². The van der Waals surface area contributed by atoms with Crippen LogP contribution in [0.4, 0.5) is 0 Å². The summed E-state index contributed by atoms with van der Waals surface area (Å²) in [5.74, 6) is 1.17. The smallest absolute Gasteiger partial charge is 0.163 e. The van der Waals surface area contributed by atoms with Gasteiger partial charge < -0.3 is 10.2 Å². The highest BCUT2D eigenvalue weighted by molar-refractivity contribution is 6.10. The van der Waals surface area contributed by atoms with Crippen LogP contribution in [0, 0.1) is 22.7 Å². The van der Waals surface area contributed by atoms with Crippen molar-refractivity contribution in [1.82, 2.24) is 0 Å². The lowest BCUT2D eigenvalue weighted by molar-refractivity contribution is -0.114. The maximum Gasteiger partial charge on any atom is 0.163 e. The summed E-state index contributed by atoms with van der Waals surface area (Å²) in [7, 11) is 0. The van der Waals surface area contributed by atoms with E-state index in [1.54, 1.807) is 0 Å². The molecule has 3 heteroatoms. The van der Waals surface area contributed by atoms with E-state index in [1.807, 2.05) is 12.2 Å². The molecule has 0 aliphatic heterocycles. The lowest BCUT2D eigenvalue weighted by atomic mass is 9.75. The SMILES string of the molecule is CC(C)(C)C1=C[C](C(=O)[C]2C=C(O)CC(C(C)(C)C)=C2)C=C(O)C1. The van der Waals surface area contributed by atoms with Crippen molar-refractivity contribution in [2.75, 3.05) is 0 Å². The van der Waals surface area contributed by atoms with Gasteiger partial charge in [0.25, 0.3) is 0 Å². The van der Waals surface area contributed by atoms with Crippen LogP contribution in [0.3, 0.4) is 0 Å². The molecule has 0 aromatic rings.